The quantitative estimate of drug-likeness (QED) is 0.731. The third kappa shape index (κ3) is 3.38. The number of nitrogens with zero attached hydrogens (tertiary/aromatic N) is 2. The number of amides is 1. The number of furan rings is 1. The Morgan fingerprint density at radius 1 is 1.35 bits per heavy atom. The van der Waals surface area contributed by atoms with Gasteiger partial charge in [0.2, 0.25) is 4.80 Å². The summed E-state index contributed by atoms with van der Waals surface area (Å²) in [4.78, 5) is 12.6. The molecule has 1 aromatic carbocycles. The van der Waals surface area contributed by atoms with E-state index in [1.807, 2.05) is 41.1 Å². The Morgan fingerprint density at radius 3 is 2.78 bits per heavy atom. The highest BCUT2D eigenvalue weighted by molar-refractivity contribution is 7.07. The molecule has 0 atom stereocenters. The van der Waals surface area contributed by atoms with Crippen LogP contribution in [0.15, 0.2) is 57.6 Å². The maximum atomic E-state index is 11.9. The van der Waals surface area contributed by atoms with Crippen molar-refractivity contribution in [2.24, 2.45) is 5.10 Å². The zero-order valence-electron chi connectivity index (χ0n) is 12.3. The molecule has 0 radical (unpaired) electrons. The molecule has 0 aliphatic rings. The van der Waals surface area contributed by atoms with Crippen LogP contribution in [0.1, 0.15) is 17.5 Å². The van der Waals surface area contributed by atoms with Crippen molar-refractivity contribution in [2.45, 2.75) is 13.5 Å². The molecule has 0 bridgehead atoms. The molecule has 0 saturated carbocycles. The van der Waals surface area contributed by atoms with Gasteiger partial charge in [0, 0.05) is 16.9 Å². The third-order valence-electron chi connectivity index (χ3n) is 3.25. The number of nitrogens with one attached hydrogen (secondary N) is 1. The van der Waals surface area contributed by atoms with Crippen LogP contribution in [0, 0.1) is 0 Å². The van der Waals surface area contributed by atoms with Gasteiger partial charge >= 0.3 is 5.91 Å². The molecule has 1 N–H and O–H groups in total. The van der Waals surface area contributed by atoms with Gasteiger partial charge in [-0.25, -0.2) is 5.43 Å². The molecule has 118 valence electrons. The minimum atomic E-state index is -0.376. The average Bonchev–Trinajstić information content (AvgIpc) is 3.22. The Bertz CT molecular complexity index is 864. The van der Waals surface area contributed by atoms with E-state index in [2.05, 4.69) is 10.5 Å². The van der Waals surface area contributed by atoms with Crippen LogP contribution < -0.4 is 10.2 Å². The zero-order valence-corrected chi connectivity index (χ0v) is 13.9. The van der Waals surface area contributed by atoms with Crippen molar-refractivity contribution in [3.05, 3.63) is 63.6 Å². The number of aromatic nitrogens is 1. The lowest BCUT2D eigenvalue weighted by molar-refractivity contribution is 0.0925. The number of hydrogen-bond acceptors (Lipinski definition) is 4. The normalized spacial score (nSPS) is 11.7. The molecular formula is C16H14ClN3O2S. The van der Waals surface area contributed by atoms with Crippen molar-refractivity contribution in [3.8, 4) is 11.3 Å². The summed E-state index contributed by atoms with van der Waals surface area (Å²) in [5, 5.41) is 6.89. The highest BCUT2D eigenvalue weighted by Crippen LogP contribution is 2.22. The van der Waals surface area contributed by atoms with Crippen LogP contribution in [0.5, 0.6) is 0 Å². The lowest BCUT2D eigenvalue weighted by Gasteiger charge is -2.06. The second-order valence-corrected chi connectivity index (χ2v) is 5.96. The molecule has 0 fully saturated rings. The first-order valence-electron chi connectivity index (χ1n) is 7.01. The Balaban J connectivity index is 1.90. The summed E-state index contributed by atoms with van der Waals surface area (Å²) in [6.45, 7) is 2.76. The zero-order chi connectivity index (χ0) is 16.2. The summed E-state index contributed by atoms with van der Waals surface area (Å²) >= 11 is 7.39. The van der Waals surface area contributed by atoms with Gasteiger partial charge in [0.25, 0.3) is 0 Å². The molecule has 23 heavy (non-hydrogen) atoms. The van der Waals surface area contributed by atoms with E-state index in [0.29, 0.717) is 9.82 Å². The first kappa shape index (κ1) is 15.6. The summed E-state index contributed by atoms with van der Waals surface area (Å²) in [6.07, 6.45) is 1.45. The smallest absolute Gasteiger partial charge is 0.307 e. The van der Waals surface area contributed by atoms with Crippen molar-refractivity contribution in [2.75, 3.05) is 0 Å². The summed E-state index contributed by atoms with van der Waals surface area (Å²) in [5.41, 5.74) is 4.59. The molecule has 0 spiro atoms. The maximum absolute atomic E-state index is 11.9. The summed E-state index contributed by atoms with van der Waals surface area (Å²) < 4.78 is 7.06. The van der Waals surface area contributed by atoms with Crippen LogP contribution >= 0.6 is 22.9 Å². The topological polar surface area (TPSA) is 59.5 Å². The average molecular weight is 348 g/mol. The van der Waals surface area contributed by atoms with Crippen LogP contribution in [-0.4, -0.2) is 10.5 Å². The predicted octanol–water partition coefficient (Wildman–Crippen LogP) is 3.73. The van der Waals surface area contributed by atoms with E-state index in [-0.39, 0.29) is 11.7 Å². The van der Waals surface area contributed by atoms with E-state index in [4.69, 9.17) is 16.0 Å². The van der Waals surface area contributed by atoms with Gasteiger partial charge in [0.1, 0.15) is 0 Å². The molecule has 7 heteroatoms. The Morgan fingerprint density at radius 2 is 2.13 bits per heavy atom. The molecular weight excluding hydrogens is 334 g/mol. The highest BCUT2D eigenvalue weighted by Gasteiger charge is 2.09. The molecule has 0 saturated heterocycles. The van der Waals surface area contributed by atoms with Gasteiger partial charge in [-0.3, -0.25) is 4.79 Å². The monoisotopic (exact) mass is 347 g/mol. The molecule has 3 rings (SSSR count). The van der Waals surface area contributed by atoms with Crippen molar-refractivity contribution < 1.29 is 9.21 Å². The summed E-state index contributed by atoms with van der Waals surface area (Å²) in [5.74, 6) is -0.148. The molecule has 2 heterocycles. The molecule has 5 nitrogen and oxygen atoms in total. The molecule has 0 unspecified atom stereocenters. The fourth-order valence-electron chi connectivity index (χ4n) is 2.14. The van der Waals surface area contributed by atoms with Gasteiger partial charge in [0.05, 0.1) is 12.0 Å². The number of carbonyl (C=O) groups is 1. The fraction of sp³-hybridized carbons (Fsp3) is 0.125. The molecule has 1 amide bonds. The van der Waals surface area contributed by atoms with E-state index in [1.165, 1.54) is 17.6 Å². The molecule has 0 aliphatic carbocycles. The Kier molecular flexibility index (Phi) is 4.64. The number of carbonyl (C=O) groups excluding carboxylic acids is 1. The lowest BCUT2D eigenvalue weighted by Crippen LogP contribution is -2.24. The number of benzene rings is 1. The van der Waals surface area contributed by atoms with Crippen molar-refractivity contribution >= 4 is 28.8 Å². The number of halogens is 1. The van der Waals surface area contributed by atoms with Gasteiger partial charge < -0.3 is 8.98 Å². The van der Waals surface area contributed by atoms with E-state index < -0.39 is 0 Å². The first-order valence-corrected chi connectivity index (χ1v) is 8.26. The van der Waals surface area contributed by atoms with Gasteiger partial charge in [-0.1, -0.05) is 23.7 Å². The van der Waals surface area contributed by atoms with Gasteiger partial charge in [0.15, 0.2) is 5.76 Å². The Hall–Kier alpha value is -2.31. The minimum Gasteiger partial charge on any atom is -0.459 e. The minimum absolute atomic E-state index is 0.228. The number of thiazole rings is 1. The SMILES string of the molecule is CCn1c(-c2ccc(Cl)cc2)cs/c1=N/NC(=O)c1ccco1. The van der Waals surface area contributed by atoms with Gasteiger partial charge in [-0.2, -0.15) is 0 Å². The van der Waals surface area contributed by atoms with E-state index in [1.54, 1.807) is 12.1 Å². The molecule has 3 aromatic rings. The van der Waals surface area contributed by atoms with Gasteiger partial charge in [-0.05, 0) is 36.8 Å². The summed E-state index contributed by atoms with van der Waals surface area (Å²) in [6, 6.07) is 10.9. The van der Waals surface area contributed by atoms with Crippen LogP contribution in [0.2, 0.25) is 5.02 Å². The fourth-order valence-corrected chi connectivity index (χ4v) is 3.20. The lowest BCUT2D eigenvalue weighted by atomic mass is 10.2. The van der Waals surface area contributed by atoms with Crippen LogP contribution in [-0.2, 0) is 6.54 Å². The largest absolute Gasteiger partial charge is 0.459 e. The molecule has 2 aromatic heterocycles. The Labute approximate surface area is 141 Å². The van der Waals surface area contributed by atoms with Crippen molar-refractivity contribution in [1.29, 1.82) is 0 Å². The first-order chi connectivity index (χ1) is 11.2. The number of hydrogen-bond donors (Lipinski definition) is 1. The van der Waals surface area contributed by atoms with E-state index in [0.717, 1.165) is 17.8 Å². The van der Waals surface area contributed by atoms with E-state index >= 15 is 0 Å². The second kappa shape index (κ2) is 6.85. The van der Waals surface area contributed by atoms with E-state index in [9.17, 15) is 4.79 Å². The summed E-state index contributed by atoms with van der Waals surface area (Å²) in [7, 11) is 0. The standard InChI is InChI=1S/C16H14ClN3O2S/c1-2-20-13(11-5-7-12(17)8-6-11)10-23-16(20)19-18-15(21)14-4-3-9-22-14/h3-10H,2H2,1H3,(H,18,21)/b19-16+. The second-order valence-electron chi connectivity index (χ2n) is 4.68. The highest BCUT2D eigenvalue weighted by atomic mass is 35.5. The van der Waals surface area contributed by atoms with Crippen LogP contribution in [0.3, 0.4) is 0 Å². The number of rotatable bonds is 4. The predicted molar refractivity (Wildman–Crippen MR) is 90.2 cm³/mol. The van der Waals surface area contributed by atoms with Crippen molar-refractivity contribution in [3.63, 3.8) is 0 Å². The van der Waals surface area contributed by atoms with Crippen molar-refractivity contribution in [1.82, 2.24) is 9.99 Å². The van der Waals surface area contributed by atoms with Crippen LogP contribution in [0.4, 0.5) is 0 Å². The van der Waals surface area contributed by atoms with Gasteiger partial charge in [-0.15, -0.1) is 16.4 Å². The van der Waals surface area contributed by atoms with Crippen LogP contribution in [0.25, 0.3) is 11.3 Å². The molecule has 0 aliphatic heterocycles. The maximum Gasteiger partial charge on any atom is 0.307 e. The third-order valence-corrected chi connectivity index (χ3v) is 4.37.